The van der Waals surface area contributed by atoms with E-state index in [1.807, 2.05) is 18.7 Å². The molecule has 3 N–H and O–H groups in total. The van der Waals surface area contributed by atoms with Crippen LogP contribution in [0.2, 0.25) is 0 Å². The Morgan fingerprint density at radius 2 is 1.90 bits per heavy atom. The van der Waals surface area contributed by atoms with E-state index in [4.69, 9.17) is 20.4 Å². The third kappa shape index (κ3) is 4.15. The number of hydrogen-bond donors (Lipinski definition) is 2. The number of hydrogen-bond acceptors (Lipinski definition) is 7. The molecule has 1 aromatic heterocycles. The lowest BCUT2D eigenvalue weighted by atomic mass is 10.3. The van der Waals surface area contributed by atoms with E-state index in [1.54, 1.807) is 6.07 Å². The van der Waals surface area contributed by atoms with Gasteiger partial charge in [0.05, 0.1) is 20.3 Å². The summed E-state index contributed by atoms with van der Waals surface area (Å²) in [4.78, 5) is 10.5. The Hall–Kier alpha value is -2.25. The maximum absolute atomic E-state index is 8.59. The molecule has 0 fully saturated rings. The Labute approximate surface area is 118 Å². The van der Waals surface area contributed by atoms with E-state index in [9.17, 15) is 0 Å². The second kappa shape index (κ2) is 7.37. The standard InChI is InChI=1S/C12H21N5O3/c1-8(2)17(6-5-9(13)16-18)12-14-10(19-3)7-11(15-12)20-4/h7-8,18H,5-6H2,1-4H3,(H2,13,16). The van der Waals surface area contributed by atoms with Gasteiger partial charge in [0, 0.05) is 19.0 Å². The highest BCUT2D eigenvalue weighted by molar-refractivity contribution is 5.80. The first-order valence-corrected chi connectivity index (χ1v) is 6.22. The summed E-state index contributed by atoms with van der Waals surface area (Å²) >= 11 is 0. The summed E-state index contributed by atoms with van der Waals surface area (Å²) in [5.74, 6) is 1.47. The minimum atomic E-state index is 0.137. The first-order chi connectivity index (χ1) is 9.51. The summed E-state index contributed by atoms with van der Waals surface area (Å²) in [7, 11) is 3.06. The second-order valence-electron chi connectivity index (χ2n) is 4.38. The Morgan fingerprint density at radius 3 is 2.30 bits per heavy atom. The van der Waals surface area contributed by atoms with E-state index in [0.29, 0.717) is 30.7 Å². The van der Waals surface area contributed by atoms with Crippen molar-refractivity contribution in [2.75, 3.05) is 25.7 Å². The molecule has 0 saturated heterocycles. The molecule has 8 nitrogen and oxygen atoms in total. The van der Waals surface area contributed by atoms with Crippen LogP contribution in [0.4, 0.5) is 5.95 Å². The molecule has 0 aliphatic carbocycles. The van der Waals surface area contributed by atoms with Crippen molar-refractivity contribution in [3.63, 3.8) is 0 Å². The highest BCUT2D eigenvalue weighted by Gasteiger charge is 2.16. The summed E-state index contributed by atoms with van der Waals surface area (Å²) in [5, 5.41) is 11.6. The molecule has 8 heteroatoms. The molecular formula is C12H21N5O3. The zero-order chi connectivity index (χ0) is 15.1. The van der Waals surface area contributed by atoms with Gasteiger partial charge in [-0.1, -0.05) is 5.16 Å². The lowest BCUT2D eigenvalue weighted by Gasteiger charge is -2.26. The number of ether oxygens (including phenoxy) is 2. The van der Waals surface area contributed by atoms with E-state index in [1.165, 1.54) is 14.2 Å². The Bertz CT molecular complexity index is 442. The number of nitrogens with two attached hydrogens (primary N) is 1. The van der Waals surface area contributed by atoms with Crippen LogP contribution in [-0.4, -0.2) is 47.8 Å². The van der Waals surface area contributed by atoms with Crippen molar-refractivity contribution in [3.05, 3.63) is 6.07 Å². The molecule has 1 aromatic rings. The van der Waals surface area contributed by atoms with Crippen LogP contribution in [0, 0.1) is 0 Å². The maximum Gasteiger partial charge on any atom is 0.232 e. The van der Waals surface area contributed by atoms with Gasteiger partial charge in [-0.25, -0.2) is 0 Å². The van der Waals surface area contributed by atoms with Crippen molar-refractivity contribution < 1.29 is 14.7 Å². The minimum Gasteiger partial charge on any atom is -0.481 e. The fourth-order valence-corrected chi connectivity index (χ4v) is 1.60. The van der Waals surface area contributed by atoms with Crippen molar-refractivity contribution in [2.45, 2.75) is 26.3 Å². The molecule has 1 rings (SSSR count). The number of oxime groups is 1. The van der Waals surface area contributed by atoms with Crippen LogP contribution in [-0.2, 0) is 0 Å². The number of methoxy groups -OCH3 is 2. The number of rotatable bonds is 7. The quantitative estimate of drug-likeness (QED) is 0.330. The highest BCUT2D eigenvalue weighted by Crippen LogP contribution is 2.21. The van der Waals surface area contributed by atoms with Crippen molar-refractivity contribution >= 4 is 11.8 Å². The molecule has 0 spiro atoms. The van der Waals surface area contributed by atoms with Gasteiger partial charge >= 0.3 is 0 Å². The van der Waals surface area contributed by atoms with Gasteiger partial charge < -0.3 is 25.3 Å². The molecule has 0 aliphatic rings. The van der Waals surface area contributed by atoms with Crippen molar-refractivity contribution in [1.29, 1.82) is 0 Å². The van der Waals surface area contributed by atoms with Crippen LogP contribution in [0.1, 0.15) is 20.3 Å². The molecule has 20 heavy (non-hydrogen) atoms. The molecule has 0 unspecified atom stereocenters. The van der Waals surface area contributed by atoms with Crippen LogP contribution >= 0.6 is 0 Å². The second-order valence-corrected chi connectivity index (χ2v) is 4.38. The average molecular weight is 283 g/mol. The third-order valence-corrected chi connectivity index (χ3v) is 2.70. The molecule has 112 valence electrons. The van der Waals surface area contributed by atoms with E-state index >= 15 is 0 Å². The van der Waals surface area contributed by atoms with E-state index in [0.717, 1.165) is 0 Å². The van der Waals surface area contributed by atoms with Gasteiger partial charge in [-0.2, -0.15) is 9.97 Å². The van der Waals surface area contributed by atoms with Crippen LogP contribution in [0.3, 0.4) is 0 Å². The molecule has 0 amide bonds. The summed E-state index contributed by atoms with van der Waals surface area (Å²) in [5.41, 5.74) is 5.49. The van der Waals surface area contributed by atoms with E-state index < -0.39 is 0 Å². The first kappa shape index (κ1) is 15.8. The van der Waals surface area contributed by atoms with Crippen molar-refractivity contribution in [1.82, 2.24) is 9.97 Å². The van der Waals surface area contributed by atoms with Gasteiger partial charge in [0.25, 0.3) is 0 Å². The molecular weight excluding hydrogens is 262 g/mol. The Kier molecular flexibility index (Phi) is 5.82. The Balaban J connectivity index is 3.01. The number of anilines is 1. The van der Waals surface area contributed by atoms with Crippen LogP contribution in [0.15, 0.2) is 11.2 Å². The summed E-state index contributed by atoms with van der Waals surface area (Å²) in [6, 6.07) is 1.74. The molecule has 0 atom stereocenters. The van der Waals surface area contributed by atoms with Crippen LogP contribution in [0.5, 0.6) is 11.8 Å². The Morgan fingerprint density at radius 1 is 1.35 bits per heavy atom. The molecule has 0 aliphatic heterocycles. The molecule has 1 heterocycles. The maximum atomic E-state index is 8.59. The predicted octanol–water partition coefficient (Wildman–Crippen LogP) is 0.845. The fourth-order valence-electron chi connectivity index (χ4n) is 1.60. The lowest BCUT2D eigenvalue weighted by molar-refractivity contribution is 0.317. The molecule has 0 saturated carbocycles. The lowest BCUT2D eigenvalue weighted by Crippen LogP contribution is -2.35. The molecule has 0 bridgehead atoms. The van der Waals surface area contributed by atoms with E-state index in [-0.39, 0.29) is 11.9 Å². The summed E-state index contributed by atoms with van der Waals surface area (Å²) < 4.78 is 10.3. The number of aromatic nitrogens is 2. The topological polar surface area (TPSA) is 106 Å². The highest BCUT2D eigenvalue weighted by atomic mass is 16.5. The van der Waals surface area contributed by atoms with Gasteiger partial charge in [0.15, 0.2) is 0 Å². The SMILES string of the molecule is COc1cc(OC)nc(N(CC/C(N)=N/O)C(C)C)n1. The van der Waals surface area contributed by atoms with Crippen molar-refractivity contribution in [3.8, 4) is 11.8 Å². The normalized spacial score (nSPS) is 11.6. The third-order valence-electron chi connectivity index (χ3n) is 2.70. The van der Waals surface area contributed by atoms with Gasteiger partial charge in [-0.05, 0) is 13.8 Å². The molecule has 0 aromatic carbocycles. The fraction of sp³-hybridized carbons (Fsp3) is 0.583. The van der Waals surface area contributed by atoms with Crippen LogP contribution < -0.4 is 20.1 Å². The average Bonchev–Trinajstić information content (AvgIpc) is 2.46. The van der Waals surface area contributed by atoms with Crippen LogP contribution in [0.25, 0.3) is 0 Å². The van der Waals surface area contributed by atoms with E-state index in [2.05, 4.69) is 15.1 Å². The largest absolute Gasteiger partial charge is 0.481 e. The van der Waals surface area contributed by atoms with Crippen molar-refractivity contribution in [2.24, 2.45) is 10.9 Å². The number of amidine groups is 1. The zero-order valence-electron chi connectivity index (χ0n) is 12.2. The van der Waals surface area contributed by atoms with Gasteiger partial charge in [0.1, 0.15) is 5.84 Å². The van der Waals surface area contributed by atoms with Gasteiger partial charge in [-0.3, -0.25) is 0 Å². The summed E-state index contributed by atoms with van der Waals surface area (Å²) in [6.45, 7) is 4.52. The minimum absolute atomic E-state index is 0.137. The summed E-state index contributed by atoms with van der Waals surface area (Å²) in [6.07, 6.45) is 0.400. The zero-order valence-corrected chi connectivity index (χ0v) is 12.2. The monoisotopic (exact) mass is 283 g/mol. The smallest absolute Gasteiger partial charge is 0.232 e. The molecule has 0 radical (unpaired) electrons. The number of nitrogens with zero attached hydrogens (tertiary/aromatic N) is 4. The van der Waals surface area contributed by atoms with Gasteiger partial charge in [-0.15, -0.1) is 0 Å². The first-order valence-electron chi connectivity index (χ1n) is 6.22. The van der Waals surface area contributed by atoms with Gasteiger partial charge in [0.2, 0.25) is 17.7 Å². The predicted molar refractivity (Wildman–Crippen MR) is 75.6 cm³/mol.